The zero-order chi connectivity index (χ0) is 17.6. The molecule has 3 aromatic rings. The summed E-state index contributed by atoms with van der Waals surface area (Å²) in [6, 6.07) is 18.3. The molecule has 25 heavy (non-hydrogen) atoms. The Morgan fingerprint density at radius 1 is 0.960 bits per heavy atom. The molecule has 0 saturated heterocycles. The maximum Gasteiger partial charge on any atom is 0.332 e. The van der Waals surface area contributed by atoms with Crippen molar-refractivity contribution in [3.05, 3.63) is 72.4 Å². The number of primary amides is 1. The zero-order valence-electron chi connectivity index (χ0n) is 13.6. The second kappa shape index (κ2) is 7.44. The lowest BCUT2D eigenvalue weighted by molar-refractivity contribution is 0.0910. The lowest BCUT2D eigenvalue weighted by atomic mass is 10.1. The quantitative estimate of drug-likeness (QED) is 0.554. The average molecular weight is 334 g/mol. The number of nitrogens with two attached hydrogens (primary N) is 1. The van der Waals surface area contributed by atoms with E-state index in [1.807, 2.05) is 60.7 Å². The molecule has 0 atom stereocenters. The standard InChI is InChI=1S/C19H18N4O2/c20-19(25)22-21-16(14-6-2-1-3-7-14)10-11-18(24)23-13-12-15-8-4-5-9-17(15)23/h1-9,12-13H,10-11H2,(H3,20,22,25)/b21-16+. The summed E-state index contributed by atoms with van der Waals surface area (Å²) in [4.78, 5) is 23.5. The van der Waals surface area contributed by atoms with E-state index in [0.29, 0.717) is 12.1 Å². The highest BCUT2D eigenvalue weighted by molar-refractivity contribution is 6.03. The van der Waals surface area contributed by atoms with Gasteiger partial charge in [-0.1, -0.05) is 48.5 Å². The first-order valence-electron chi connectivity index (χ1n) is 7.92. The SMILES string of the molecule is NC(=O)N/N=C(\CCC(=O)n1ccc2ccccc21)c1ccccc1. The van der Waals surface area contributed by atoms with Crippen molar-refractivity contribution >= 4 is 28.6 Å². The molecule has 126 valence electrons. The van der Waals surface area contributed by atoms with Crippen LogP contribution in [-0.2, 0) is 0 Å². The van der Waals surface area contributed by atoms with Crippen LogP contribution in [0.3, 0.4) is 0 Å². The van der Waals surface area contributed by atoms with E-state index in [9.17, 15) is 9.59 Å². The molecule has 1 aromatic heterocycles. The predicted molar refractivity (Wildman–Crippen MR) is 97.5 cm³/mol. The summed E-state index contributed by atoms with van der Waals surface area (Å²) in [5, 5.41) is 5.06. The summed E-state index contributed by atoms with van der Waals surface area (Å²) in [7, 11) is 0. The van der Waals surface area contributed by atoms with Gasteiger partial charge in [-0.15, -0.1) is 0 Å². The molecular weight excluding hydrogens is 316 g/mol. The molecule has 0 aliphatic heterocycles. The van der Waals surface area contributed by atoms with Crippen molar-refractivity contribution in [1.29, 1.82) is 0 Å². The number of urea groups is 1. The minimum atomic E-state index is -0.740. The van der Waals surface area contributed by atoms with Crippen molar-refractivity contribution in [1.82, 2.24) is 9.99 Å². The maximum absolute atomic E-state index is 12.6. The number of rotatable bonds is 5. The number of para-hydroxylation sites is 1. The third-order valence-corrected chi connectivity index (χ3v) is 3.85. The minimum Gasteiger partial charge on any atom is -0.350 e. The largest absolute Gasteiger partial charge is 0.350 e. The number of carbonyl (C=O) groups is 2. The summed E-state index contributed by atoms with van der Waals surface area (Å²) in [6.45, 7) is 0. The normalized spacial score (nSPS) is 11.4. The van der Waals surface area contributed by atoms with E-state index >= 15 is 0 Å². The summed E-state index contributed by atoms with van der Waals surface area (Å²) < 4.78 is 1.64. The van der Waals surface area contributed by atoms with Gasteiger partial charge in [0.1, 0.15) is 0 Å². The van der Waals surface area contributed by atoms with Crippen LogP contribution >= 0.6 is 0 Å². The van der Waals surface area contributed by atoms with Gasteiger partial charge in [0.25, 0.3) is 0 Å². The third kappa shape index (κ3) is 3.92. The number of benzene rings is 2. The minimum absolute atomic E-state index is 0.0380. The number of nitrogens with one attached hydrogen (secondary N) is 1. The van der Waals surface area contributed by atoms with Crippen LogP contribution in [0.2, 0.25) is 0 Å². The summed E-state index contributed by atoms with van der Waals surface area (Å²) in [6.07, 6.45) is 2.41. The van der Waals surface area contributed by atoms with Crippen molar-refractivity contribution in [2.45, 2.75) is 12.8 Å². The first kappa shape index (κ1) is 16.4. The monoisotopic (exact) mass is 334 g/mol. The van der Waals surface area contributed by atoms with Crippen LogP contribution < -0.4 is 11.2 Å². The molecule has 2 aromatic carbocycles. The molecule has 0 bridgehead atoms. The molecule has 0 fully saturated rings. The summed E-state index contributed by atoms with van der Waals surface area (Å²) in [5.41, 5.74) is 9.64. The highest BCUT2D eigenvalue weighted by atomic mass is 16.2. The lowest BCUT2D eigenvalue weighted by Crippen LogP contribution is -2.26. The fourth-order valence-corrected chi connectivity index (χ4v) is 2.66. The Morgan fingerprint density at radius 2 is 1.68 bits per heavy atom. The van der Waals surface area contributed by atoms with Crippen LogP contribution in [0.4, 0.5) is 4.79 Å². The molecule has 1 heterocycles. The fraction of sp³-hybridized carbons (Fsp3) is 0.105. The Balaban J connectivity index is 1.77. The van der Waals surface area contributed by atoms with E-state index in [0.717, 1.165) is 16.5 Å². The second-order valence-electron chi connectivity index (χ2n) is 5.54. The van der Waals surface area contributed by atoms with E-state index < -0.39 is 6.03 Å². The zero-order valence-corrected chi connectivity index (χ0v) is 13.6. The number of carbonyl (C=O) groups excluding carboxylic acids is 2. The molecule has 0 radical (unpaired) electrons. The Labute approximate surface area is 144 Å². The van der Waals surface area contributed by atoms with Gasteiger partial charge in [-0.05, 0) is 17.7 Å². The van der Waals surface area contributed by atoms with Gasteiger partial charge in [0.2, 0.25) is 5.91 Å². The van der Waals surface area contributed by atoms with Crippen molar-refractivity contribution < 1.29 is 9.59 Å². The molecule has 6 nitrogen and oxygen atoms in total. The van der Waals surface area contributed by atoms with Gasteiger partial charge in [0, 0.05) is 24.4 Å². The first-order valence-corrected chi connectivity index (χ1v) is 7.92. The number of hydrogen-bond donors (Lipinski definition) is 2. The van der Waals surface area contributed by atoms with E-state index in [2.05, 4.69) is 10.5 Å². The highest BCUT2D eigenvalue weighted by Gasteiger charge is 2.12. The fourth-order valence-electron chi connectivity index (χ4n) is 2.66. The van der Waals surface area contributed by atoms with Crippen molar-refractivity contribution in [3.63, 3.8) is 0 Å². The Kier molecular flexibility index (Phi) is 4.89. The number of aromatic nitrogens is 1. The number of nitrogens with zero attached hydrogens (tertiary/aromatic N) is 2. The van der Waals surface area contributed by atoms with Gasteiger partial charge < -0.3 is 5.73 Å². The number of hydrazone groups is 1. The Morgan fingerprint density at radius 3 is 2.44 bits per heavy atom. The number of fused-ring (bicyclic) bond motifs is 1. The molecule has 0 aliphatic carbocycles. The lowest BCUT2D eigenvalue weighted by Gasteiger charge is -2.08. The molecule has 2 amide bonds. The first-order chi connectivity index (χ1) is 12.1. The molecule has 3 rings (SSSR count). The van der Waals surface area contributed by atoms with Gasteiger partial charge >= 0.3 is 6.03 Å². The molecule has 0 spiro atoms. The third-order valence-electron chi connectivity index (χ3n) is 3.85. The topological polar surface area (TPSA) is 89.5 Å². The Bertz CT molecular complexity index is 929. The summed E-state index contributed by atoms with van der Waals surface area (Å²) in [5.74, 6) is -0.0380. The van der Waals surface area contributed by atoms with Crippen molar-refractivity contribution in [2.75, 3.05) is 0 Å². The van der Waals surface area contributed by atoms with Crippen LogP contribution in [0, 0.1) is 0 Å². The molecular formula is C19H18N4O2. The van der Waals surface area contributed by atoms with E-state index in [-0.39, 0.29) is 12.3 Å². The van der Waals surface area contributed by atoms with Gasteiger partial charge in [-0.2, -0.15) is 5.10 Å². The van der Waals surface area contributed by atoms with Gasteiger partial charge in [0.15, 0.2) is 0 Å². The molecule has 3 N–H and O–H groups in total. The second-order valence-corrected chi connectivity index (χ2v) is 5.54. The van der Waals surface area contributed by atoms with Crippen LogP contribution in [0.1, 0.15) is 23.2 Å². The summed E-state index contributed by atoms with van der Waals surface area (Å²) >= 11 is 0. The van der Waals surface area contributed by atoms with Gasteiger partial charge in [-0.3, -0.25) is 9.36 Å². The van der Waals surface area contributed by atoms with Crippen LogP contribution in [0.25, 0.3) is 10.9 Å². The van der Waals surface area contributed by atoms with Crippen molar-refractivity contribution in [2.24, 2.45) is 10.8 Å². The average Bonchev–Trinajstić information content (AvgIpc) is 3.06. The van der Waals surface area contributed by atoms with E-state index in [4.69, 9.17) is 5.73 Å². The highest BCUT2D eigenvalue weighted by Crippen LogP contribution is 2.16. The number of amides is 2. The number of hydrogen-bond acceptors (Lipinski definition) is 3. The Hall–Kier alpha value is -3.41. The van der Waals surface area contributed by atoms with Crippen LogP contribution in [-0.4, -0.2) is 22.2 Å². The molecule has 0 saturated carbocycles. The van der Waals surface area contributed by atoms with Gasteiger partial charge in [-0.25, -0.2) is 10.2 Å². The van der Waals surface area contributed by atoms with Crippen LogP contribution in [0.5, 0.6) is 0 Å². The molecule has 6 heteroatoms. The van der Waals surface area contributed by atoms with E-state index in [1.165, 1.54) is 0 Å². The molecule has 0 aliphatic rings. The maximum atomic E-state index is 12.6. The molecule has 0 unspecified atom stereocenters. The van der Waals surface area contributed by atoms with E-state index in [1.54, 1.807) is 10.8 Å². The van der Waals surface area contributed by atoms with Gasteiger partial charge in [0.05, 0.1) is 11.2 Å². The predicted octanol–water partition coefficient (Wildman–Crippen LogP) is 3.13. The smallest absolute Gasteiger partial charge is 0.332 e. The van der Waals surface area contributed by atoms with Crippen LogP contribution in [0.15, 0.2) is 72.0 Å². The van der Waals surface area contributed by atoms with Crippen molar-refractivity contribution in [3.8, 4) is 0 Å².